The van der Waals surface area contributed by atoms with Crippen LogP contribution in [0.4, 0.5) is 17.3 Å². The molecule has 1 fully saturated rings. The number of hydrogen-bond donors (Lipinski definition) is 3. The number of aromatic nitrogens is 3. The van der Waals surface area contributed by atoms with Crippen molar-refractivity contribution in [2.75, 3.05) is 23.3 Å². The topological polar surface area (TPSA) is 136 Å². The van der Waals surface area contributed by atoms with Gasteiger partial charge < -0.3 is 20.6 Å². The Kier molecular flexibility index (Phi) is 4.79. The fourth-order valence-electron chi connectivity index (χ4n) is 2.83. The number of nitrogens with zero attached hydrogens (tertiary/aromatic N) is 5. The lowest BCUT2D eigenvalue weighted by molar-refractivity contribution is -0.128. The molecule has 3 rings (SSSR count). The molecule has 2 aromatic heterocycles. The number of aliphatic hydroxyl groups is 1. The number of pyridine rings is 1. The van der Waals surface area contributed by atoms with Gasteiger partial charge in [-0.15, -0.1) is 0 Å². The fourth-order valence-corrected chi connectivity index (χ4v) is 2.83. The number of aryl methyl sites for hydroxylation is 1. The molecule has 2 amide bonds. The van der Waals surface area contributed by atoms with Crippen molar-refractivity contribution in [1.29, 1.82) is 5.26 Å². The first-order valence-electron chi connectivity index (χ1n) is 8.39. The van der Waals surface area contributed by atoms with Crippen molar-refractivity contribution in [3.05, 3.63) is 30.1 Å². The van der Waals surface area contributed by atoms with Gasteiger partial charge in [-0.1, -0.05) is 0 Å². The van der Waals surface area contributed by atoms with Crippen LogP contribution in [0.1, 0.15) is 23.8 Å². The van der Waals surface area contributed by atoms with Crippen molar-refractivity contribution < 1.29 is 14.7 Å². The van der Waals surface area contributed by atoms with E-state index in [1.807, 2.05) is 6.92 Å². The standard InChI is InChI=1S/C17H19N7O3/c1-3-19-15(25)12-9-14(22-23(12)2)21-13-8-11(4-6-20-13)24-7-5-17(27,10-18)16(24)26/h4,6,8-9,27H,3,5,7H2,1-2H3,(H,19,25)(H,20,21,22)/t17-/m0/s1. The highest BCUT2D eigenvalue weighted by Crippen LogP contribution is 2.29. The molecule has 2 aromatic rings. The minimum absolute atomic E-state index is 0.0452. The van der Waals surface area contributed by atoms with Crippen molar-refractivity contribution in [2.24, 2.45) is 7.05 Å². The lowest BCUT2D eigenvalue weighted by atomic mass is 10.1. The zero-order valence-corrected chi connectivity index (χ0v) is 14.9. The van der Waals surface area contributed by atoms with Crippen LogP contribution in [-0.2, 0) is 11.8 Å². The molecule has 0 aromatic carbocycles. The molecule has 140 valence electrons. The highest BCUT2D eigenvalue weighted by Gasteiger charge is 2.46. The summed E-state index contributed by atoms with van der Waals surface area (Å²) < 4.78 is 1.45. The summed E-state index contributed by atoms with van der Waals surface area (Å²) in [5, 5.41) is 28.9. The van der Waals surface area contributed by atoms with Gasteiger partial charge in [-0.3, -0.25) is 14.3 Å². The van der Waals surface area contributed by atoms with Gasteiger partial charge in [0.2, 0.25) is 5.60 Å². The molecule has 3 heterocycles. The van der Waals surface area contributed by atoms with E-state index in [4.69, 9.17) is 5.26 Å². The molecule has 10 heteroatoms. The Balaban J connectivity index is 1.80. The maximum atomic E-state index is 12.3. The van der Waals surface area contributed by atoms with Crippen LogP contribution in [0.2, 0.25) is 0 Å². The van der Waals surface area contributed by atoms with Crippen molar-refractivity contribution >= 4 is 29.1 Å². The number of carbonyl (C=O) groups excluding carboxylic acids is 2. The molecule has 0 saturated carbocycles. The van der Waals surface area contributed by atoms with Gasteiger partial charge in [-0.05, 0) is 13.0 Å². The average Bonchev–Trinajstić information content (AvgIpc) is 3.16. The minimum atomic E-state index is -1.99. The molecule has 0 bridgehead atoms. The Labute approximate surface area is 155 Å². The Morgan fingerprint density at radius 3 is 2.89 bits per heavy atom. The third kappa shape index (κ3) is 3.45. The molecular formula is C17H19N7O3. The molecule has 1 aliphatic heterocycles. The second-order valence-corrected chi connectivity index (χ2v) is 6.10. The Bertz CT molecular complexity index is 933. The summed E-state index contributed by atoms with van der Waals surface area (Å²) >= 11 is 0. The van der Waals surface area contributed by atoms with Crippen molar-refractivity contribution in [1.82, 2.24) is 20.1 Å². The predicted molar refractivity (Wildman–Crippen MR) is 96.3 cm³/mol. The predicted octanol–water partition coefficient (Wildman–Crippen LogP) is 0.300. The smallest absolute Gasteiger partial charge is 0.273 e. The van der Waals surface area contributed by atoms with E-state index in [9.17, 15) is 14.7 Å². The maximum Gasteiger partial charge on any atom is 0.273 e. The molecule has 0 unspecified atom stereocenters. The van der Waals surface area contributed by atoms with Gasteiger partial charge in [0.05, 0.1) is 0 Å². The number of hydrogen-bond acceptors (Lipinski definition) is 7. The van der Waals surface area contributed by atoms with E-state index in [-0.39, 0.29) is 18.9 Å². The minimum Gasteiger partial charge on any atom is -0.368 e. The highest BCUT2D eigenvalue weighted by atomic mass is 16.3. The third-order valence-corrected chi connectivity index (χ3v) is 4.24. The first kappa shape index (κ1) is 18.3. The average molecular weight is 369 g/mol. The van der Waals surface area contributed by atoms with Crippen molar-refractivity contribution in [3.8, 4) is 6.07 Å². The van der Waals surface area contributed by atoms with Crippen LogP contribution in [0.15, 0.2) is 24.4 Å². The van der Waals surface area contributed by atoms with E-state index in [1.165, 1.54) is 15.8 Å². The normalized spacial score (nSPS) is 19.0. The van der Waals surface area contributed by atoms with Crippen LogP contribution in [0.5, 0.6) is 0 Å². The lowest BCUT2D eigenvalue weighted by Crippen LogP contribution is -2.38. The number of amides is 2. The van der Waals surface area contributed by atoms with Crippen LogP contribution in [-0.4, -0.2) is 50.4 Å². The molecule has 0 spiro atoms. The number of nitriles is 1. The number of anilines is 3. The number of nitrogens with one attached hydrogen (secondary N) is 2. The van der Waals surface area contributed by atoms with Gasteiger partial charge in [0.25, 0.3) is 11.8 Å². The van der Waals surface area contributed by atoms with Crippen LogP contribution in [0.25, 0.3) is 0 Å². The van der Waals surface area contributed by atoms with Gasteiger partial charge in [0, 0.05) is 50.6 Å². The summed E-state index contributed by atoms with van der Waals surface area (Å²) in [5.74, 6) is -0.0582. The molecule has 0 radical (unpaired) electrons. The van der Waals surface area contributed by atoms with Gasteiger partial charge in [-0.25, -0.2) is 4.98 Å². The monoisotopic (exact) mass is 369 g/mol. The van der Waals surface area contributed by atoms with Gasteiger partial charge in [0.15, 0.2) is 5.82 Å². The molecule has 10 nitrogen and oxygen atoms in total. The molecule has 1 aliphatic rings. The molecule has 27 heavy (non-hydrogen) atoms. The van der Waals surface area contributed by atoms with E-state index in [2.05, 4.69) is 20.7 Å². The first-order chi connectivity index (χ1) is 12.9. The summed E-state index contributed by atoms with van der Waals surface area (Å²) in [6.45, 7) is 2.57. The van der Waals surface area contributed by atoms with E-state index < -0.39 is 11.5 Å². The van der Waals surface area contributed by atoms with Crippen LogP contribution in [0, 0.1) is 11.3 Å². The zero-order valence-electron chi connectivity index (χ0n) is 14.9. The van der Waals surface area contributed by atoms with E-state index in [0.29, 0.717) is 29.6 Å². The quantitative estimate of drug-likeness (QED) is 0.645. The van der Waals surface area contributed by atoms with Gasteiger partial charge in [0.1, 0.15) is 17.6 Å². The Hall–Kier alpha value is -3.45. The van der Waals surface area contributed by atoms with Gasteiger partial charge in [-0.2, -0.15) is 10.4 Å². The molecule has 3 N–H and O–H groups in total. The van der Waals surface area contributed by atoms with E-state index in [0.717, 1.165) is 0 Å². The first-order valence-corrected chi connectivity index (χ1v) is 8.39. The molecular weight excluding hydrogens is 350 g/mol. The second-order valence-electron chi connectivity index (χ2n) is 6.10. The van der Waals surface area contributed by atoms with E-state index in [1.54, 1.807) is 31.3 Å². The number of carbonyl (C=O) groups is 2. The number of rotatable bonds is 5. The summed E-state index contributed by atoms with van der Waals surface area (Å²) in [4.78, 5) is 29.8. The van der Waals surface area contributed by atoms with Crippen molar-refractivity contribution in [3.63, 3.8) is 0 Å². The summed E-state index contributed by atoms with van der Waals surface area (Å²) in [6.07, 6.45) is 1.55. The molecule has 0 aliphatic carbocycles. The molecule has 1 atom stereocenters. The Morgan fingerprint density at radius 2 is 2.22 bits per heavy atom. The lowest BCUT2D eigenvalue weighted by Gasteiger charge is -2.18. The fraction of sp³-hybridized carbons (Fsp3) is 0.353. The van der Waals surface area contributed by atoms with Crippen LogP contribution in [0.3, 0.4) is 0 Å². The third-order valence-electron chi connectivity index (χ3n) is 4.24. The SMILES string of the molecule is CCNC(=O)c1cc(Nc2cc(N3CC[C@](O)(C#N)C3=O)ccn2)nn1C. The Morgan fingerprint density at radius 1 is 1.44 bits per heavy atom. The summed E-state index contributed by atoms with van der Waals surface area (Å²) in [6, 6.07) is 6.48. The summed E-state index contributed by atoms with van der Waals surface area (Å²) in [5.41, 5.74) is -1.09. The summed E-state index contributed by atoms with van der Waals surface area (Å²) in [7, 11) is 1.66. The largest absolute Gasteiger partial charge is 0.368 e. The highest BCUT2D eigenvalue weighted by molar-refractivity contribution is 6.03. The molecule has 1 saturated heterocycles. The van der Waals surface area contributed by atoms with Gasteiger partial charge >= 0.3 is 0 Å². The maximum absolute atomic E-state index is 12.3. The van der Waals surface area contributed by atoms with Crippen LogP contribution >= 0.6 is 0 Å². The van der Waals surface area contributed by atoms with Crippen molar-refractivity contribution in [2.45, 2.75) is 18.9 Å². The zero-order chi connectivity index (χ0) is 19.6. The second kappa shape index (κ2) is 7.05. The van der Waals surface area contributed by atoms with E-state index >= 15 is 0 Å². The van der Waals surface area contributed by atoms with Crippen LogP contribution < -0.4 is 15.5 Å².